The number of aliphatic hydroxyl groups excluding tert-OH is 1. The average Bonchev–Trinajstić information content (AvgIpc) is 2.95. The van der Waals surface area contributed by atoms with Crippen LogP contribution in [-0.4, -0.2) is 66.8 Å². The molecule has 2 aliphatic heterocycles. The van der Waals surface area contributed by atoms with Crippen molar-refractivity contribution in [3.63, 3.8) is 0 Å². The molecule has 0 aliphatic carbocycles. The molecule has 5 heteroatoms. The van der Waals surface area contributed by atoms with Crippen molar-refractivity contribution in [1.82, 2.24) is 9.80 Å². The zero-order valence-corrected chi connectivity index (χ0v) is 11.5. The van der Waals surface area contributed by atoms with Crippen LogP contribution in [0.2, 0.25) is 0 Å². The van der Waals surface area contributed by atoms with Crippen molar-refractivity contribution in [3.05, 3.63) is 29.3 Å². The van der Waals surface area contributed by atoms with E-state index in [9.17, 15) is 4.79 Å². The van der Waals surface area contributed by atoms with E-state index < -0.39 is 0 Å². The standard InChI is InChI=1S/C15H20N2O3/c18-9-8-16-4-6-17(7-5-16)15(19)13-1-2-14-12(11-13)3-10-20-14/h1-2,11,18H,3-10H2. The summed E-state index contributed by atoms with van der Waals surface area (Å²) in [5, 5.41) is 8.93. The van der Waals surface area contributed by atoms with Gasteiger partial charge in [-0.1, -0.05) is 0 Å². The molecule has 1 fully saturated rings. The number of carbonyl (C=O) groups is 1. The van der Waals surface area contributed by atoms with E-state index in [0.717, 1.165) is 49.5 Å². The van der Waals surface area contributed by atoms with E-state index in [-0.39, 0.29) is 12.5 Å². The van der Waals surface area contributed by atoms with Gasteiger partial charge in [-0.3, -0.25) is 9.69 Å². The van der Waals surface area contributed by atoms with Crippen molar-refractivity contribution in [1.29, 1.82) is 0 Å². The van der Waals surface area contributed by atoms with Gasteiger partial charge < -0.3 is 14.7 Å². The molecule has 0 atom stereocenters. The number of piperazine rings is 1. The number of carbonyl (C=O) groups excluding carboxylic acids is 1. The molecule has 2 heterocycles. The van der Waals surface area contributed by atoms with Gasteiger partial charge in [0.2, 0.25) is 0 Å². The van der Waals surface area contributed by atoms with Gasteiger partial charge >= 0.3 is 0 Å². The van der Waals surface area contributed by atoms with Gasteiger partial charge in [0.1, 0.15) is 5.75 Å². The number of ether oxygens (including phenoxy) is 1. The van der Waals surface area contributed by atoms with Gasteiger partial charge in [-0.25, -0.2) is 0 Å². The highest BCUT2D eigenvalue weighted by Crippen LogP contribution is 2.26. The maximum atomic E-state index is 12.5. The molecule has 3 rings (SSSR count). The Bertz CT molecular complexity index is 496. The van der Waals surface area contributed by atoms with Crippen LogP contribution in [-0.2, 0) is 6.42 Å². The Labute approximate surface area is 118 Å². The maximum Gasteiger partial charge on any atom is 0.253 e. The molecule has 1 saturated heterocycles. The summed E-state index contributed by atoms with van der Waals surface area (Å²) in [4.78, 5) is 16.6. The molecule has 2 aliphatic rings. The van der Waals surface area contributed by atoms with Crippen molar-refractivity contribution in [2.75, 3.05) is 45.9 Å². The summed E-state index contributed by atoms with van der Waals surface area (Å²) < 4.78 is 5.46. The number of amides is 1. The van der Waals surface area contributed by atoms with Crippen molar-refractivity contribution >= 4 is 5.91 Å². The molecular weight excluding hydrogens is 256 g/mol. The predicted molar refractivity (Wildman–Crippen MR) is 75.1 cm³/mol. The lowest BCUT2D eigenvalue weighted by Crippen LogP contribution is -2.49. The molecule has 1 aromatic carbocycles. The summed E-state index contributed by atoms with van der Waals surface area (Å²) in [6.45, 7) is 4.71. The molecule has 1 amide bonds. The molecular formula is C15H20N2O3. The van der Waals surface area contributed by atoms with Crippen molar-refractivity contribution in [3.8, 4) is 5.75 Å². The normalized spacial score (nSPS) is 18.8. The molecule has 0 radical (unpaired) electrons. The first-order valence-electron chi connectivity index (χ1n) is 7.16. The fraction of sp³-hybridized carbons (Fsp3) is 0.533. The molecule has 108 valence electrons. The third kappa shape index (κ3) is 2.64. The van der Waals surface area contributed by atoms with Gasteiger partial charge in [0, 0.05) is 44.7 Å². The molecule has 0 bridgehead atoms. The molecule has 0 saturated carbocycles. The zero-order valence-electron chi connectivity index (χ0n) is 11.5. The van der Waals surface area contributed by atoms with Crippen LogP contribution in [0.5, 0.6) is 5.75 Å². The van der Waals surface area contributed by atoms with Crippen LogP contribution >= 0.6 is 0 Å². The first-order valence-corrected chi connectivity index (χ1v) is 7.16. The fourth-order valence-corrected chi connectivity index (χ4v) is 2.82. The Kier molecular flexibility index (Phi) is 3.89. The Morgan fingerprint density at radius 1 is 1.25 bits per heavy atom. The summed E-state index contributed by atoms with van der Waals surface area (Å²) in [6, 6.07) is 5.72. The second-order valence-corrected chi connectivity index (χ2v) is 5.28. The number of nitrogens with zero attached hydrogens (tertiary/aromatic N) is 2. The summed E-state index contributed by atoms with van der Waals surface area (Å²) in [6.07, 6.45) is 0.890. The van der Waals surface area contributed by atoms with Crippen LogP contribution in [0.1, 0.15) is 15.9 Å². The molecule has 20 heavy (non-hydrogen) atoms. The third-order valence-electron chi connectivity index (χ3n) is 4.01. The Morgan fingerprint density at radius 3 is 2.80 bits per heavy atom. The highest BCUT2D eigenvalue weighted by atomic mass is 16.5. The van der Waals surface area contributed by atoms with E-state index in [2.05, 4.69) is 4.90 Å². The zero-order chi connectivity index (χ0) is 13.9. The minimum atomic E-state index is 0.100. The maximum absolute atomic E-state index is 12.5. The second-order valence-electron chi connectivity index (χ2n) is 5.28. The van der Waals surface area contributed by atoms with Gasteiger partial charge in [0.05, 0.1) is 13.2 Å². The summed E-state index contributed by atoms with van der Waals surface area (Å²) in [5.74, 6) is 1.01. The average molecular weight is 276 g/mol. The van der Waals surface area contributed by atoms with Crippen LogP contribution < -0.4 is 4.74 Å². The Hall–Kier alpha value is -1.59. The van der Waals surface area contributed by atoms with Crippen molar-refractivity contribution in [2.24, 2.45) is 0 Å². The predicted octanol–water partition coefficient (Wildman–Crippen LogP) is 0.372. The van der Waals surface area contributed by atoms with Gasteiger partial charge in [-0.05, 0) is 23.8 Å². The van der Waals surface area contributed by atoms with Gasteiger partial charge in [-0.15, -0.1) is 0 Å². The summed E-state index contributed by atoms with van der Waals surface area (Å²) >= 11 is 0. The Balaban J connectivity index is 1.65. The monoisotopic (exact) mass is 276 g/mol. The number of benzene rings is 1. The number of hydrogen-bond acceptors (Lipinski definition) is 4. The first kappa shape index (κ1) is 13.4. The number of β-amino-alcohol motifs (C(OH)–C–C–N with tert-alkyl or cyclic N) is 1. The Morgan fingerprint density at radius 2 is 2.05 bits per heavy atom. The lowest BCUT2D eigenvalue weighted by Gasteiger charge is -2.34. The van der Waals surface area contributed by atoms with Crippen molar-refractivity contribution < 1.29 is 14.6 Å². The smallest absolute Gasteiger partial charge is 0.253 e. The van der Waals surface area contributed by atoms with E-state index in [1.165, 1.54) is 0 Å². The lowest BCUT2D eigenvalue weighted by atomic mass is 10.1. The third-order valence-corrected chi connectivity index (χ3v) is 4.01. The van der Waals surface area contributed by atoms with E-state index in [1.54, 1.807) is 0 Å². The quantitative estimate of drug-likeness (QED) is 0.867. The number of aliphatic hydroxyl groups is 1. The van der Waals surface area contributed by atoms with Gasteiger partial charge in [-0.2, -0.15) is 0 Å². The SMILES string of the molecule is O=C(c1ccc2c(c1)CCO2)N1CCN(CCO)CC1. The topological polar surface area (TPSA) is 53.0 Å². The summed E-state index contributed by atoms with van der Waals surface area (Å²) in [5.41, 5.74) is 1.89. The highest BCUT2D eigenvalue weighted by molar-refractivity contribution is 5.94. The van der Waals surface area contributed by atoms with E-state index in [4.69, 9.17) is 9.84 Å². The minimum absolute atomic E-state index is 0.100. The lowest BCUT2D eigenvalue weighted by molar-refractivity contribution is 0.0615. The first-order chi connectivity index (χ1) is 9.78. The molecule has 1 aromatic rings. The van der Waals surface area contributed by atoms with Gasteiger partial charge in [0.15, 0.2) is 0 Å². The van der Waals surface area contributed by atoms with Crippen LogP contribution in [0, 0.1) is 0 Å². The number of fused-ring (bicyclic) bond motifs is 1. The highest BCUT2D eigenvalue weighted by Gasteiger charge is 2.23. The molecule has 0 spiro atoms. The van der Waals surface area contributed by atoms with Crippen molar-refractivity contribution in [2.45, 2.75) is 6.42 Å². The molecule has 0 unspecified atom stereocenters. The number of rotatable bonds is 3. The second kappa shape index (κ2) is 5.81. The summed E-state index contributed by atoms with van der Waals surface area (Å²) in [7, 11) is 0. The van der Waals surface area contributed by atoms with Crippen LogP contribution in [0.3, 0.4) is 0 Å². The molecule has 1 N–H and O–H groups in total. The fourth-order valence-electron chi connectivity index (χ4n) is 2.82. The van der Waals surface area contributed by atoms with E-state index >= 15 is 0 Å². The van der Waals surface area contributed by atoms with E-state index in [1.807, 2.05) is 23.1 Å². The van der Waals surface area contributed by atoms with Crippen LogP contribution in [0.4, 0.5) is 0 Å². The minimum Gasteiger partial charge on any atom is -0.493 e. The number of hydrogen-bond donors (Lipinski definition) is 1. The van der Waals surface area contributed by atoms with E-state index in [0.29, 0.717) is 13.2 Å². The molecule has 5 nitrogen and oxygen atoms in total. The van der Waals surface area contributed by atoms with Crippen LogP contribution in [0.25, 0.3) is 0 Å². The van der Waals surface area contributed by atoms with Crippen LogP contribution in [0.15, 0.2) is 18.2 Å². The van der Waals surface area contributed by atoms with Gasteiger partial charge in [0.25, 0.3) is 5.91 Å². The largest absolute Gasteiger partial charge is 0.493 e. The molecule has 0 aromatic heterocycles.